The van der Waals surface area contributed by atoms with Crippen LogP contribution in [0.3, 0.4) is 0 Å². The fourth-order valence-corrected chi connectivity index (χ4v) is 2.20. The predicted octanol–water partition coefficient (Wildman–Crippen LogP) is 2.27. The van der Waals surface area contributed by atoms with Gasteiger partial charge in [0, 0.05) is 11.3 Å². The van der Waals surface area contributed by atoms with Crippen molar-refractivity contribution >= 4 is 17.7 Å². The number of carbonyl (C=O) groups is 1. The molecule has 1 aliphatic heterocycles. The summed E-state index contributed by atoms with van der Waals surface area (Å²) in [6, 6.07) is 4.94. The number of aromatic carboxylic acids is 1. The maximum Gasteiger partial charge on any atom is 0.335 e. The van der Waals surface area contributed by atoms with Crippen LogP contribution >= 0.6 is 11.8 Å². The monoisotopic (exact) mass is 254 g/mol. The van der Waals surface area contributed by atoms with Crippen LogP contribution in [0.1, 0.15) is 16.8 Å². The third kappa shape index (κ3) is 2.92. The van der Waals surface area contributed by atoms with Crippen LogP contribution in [0.4, 0.5) is 0 Å². The molecule has 0 amide bonds. The third-order valence-electron chi connectivity index (χ3n) is 2.59. The molecule has 1 fully saturated rings. The van der Waals surface area contributed by atoms with Gasteiger partial charge in [0.05, 0.1) is 18.8 Å². The molecule has 0 saturated carbocycles. The molecule has 2 rings (SSSR count). The number of hydrogen-bond donors (Lipinski definition) is 1. The summed E-state index contributed by atoms with van der Waals surface area (Å²) < 4.78 is 11.0. The van der Waals surface area contributed by atoms with Gasteiger partial charge in [-0.05, 0) is 24.5 Å². The van der Waals surface area contributed by atoms with Crippen molar-refractivity contribution < 1.29 is 19.4 Å². The minimum atomic E-state index is -0.940. The number of benzene rings is 1. The number of hydrogen-bond acceptors (Lipinski definition) is 4. The van der Waals surface area contributed by atoms with Crippen LogP contribution in [0.15, 0.2) is 23.1 Å². The molecule has 1 heterocycles. The van der Waals surface area contributed by atoms with Gasteiger partial charge in [0.1, 0.15) is 11.9 Å². The maximum atomic E-state index is 10.9. The molecule has 0 spiro atoms. The third-order valence-corrected chi connectivity index (χ3v) is 3.37. The average Bonchev–Trinajstić information content (AvgIpc) is 2.81. The van der Waals surface area contributed by atoms with Gasteiger partial charge in [-0.2, -0.15) is 0 Å². The van der Waals surface area contributed by atoms with Crippen molar-refractivity contribution in [3.05, 3.63) is 23.8 Å². The summed E-state index contributed by atoms with van der Waals surface area (Å²) in [5.74, 6) is -0.307. The number of rotatable bonds is 4. The van der Waals surface area contributed by atoms with Gasteiger partial charge in [0.15, 0.2) is 0 Å². The molecule has 4 nitrogen and oxygen atoms in total. The van der Waals surface area contributed by atoms with Crippen LogP contribution in [-0.4, -0.2) is 36.6 Å². The van der Waals surface area contributed by atoms with Crippen LogP contribution < -0.4 is 4.74 Å². The number of thioether (sulfide) groups is 1. The summed E-state index contributed by atoms with van der Waals surface area (Å²) >= 11 is 1.54. The van der Waals surface area contributed by atoms with Crippen molar-refractivity contribution in [2.75, 3.05) is 19.5 Å². The van der Waals surface area contributed by atoms with E-state index < -0.39 is 5.97 Å². The Morgan fingerprint density at radius 3 is 3.00 bits per heavy atom. The predicted molar refractivity (Wildman–Crippen MR) is 65.0 cm³/mol. The molecule has 1 aromatic rings. The van der Waals surface area contributed by atoms with E-state index in [2.05, 4.69) is 0 Å². The van der Waals surface area contributed by atoms with Crippen LogP contribution in [0, 0.1) is 0 Å². The minimum Gasteiger partial charge on any atom is -0.487 e. The average molecular weight is 254 g/mol. The highest BCUT2D eigenvalue weighted by molar-refractivity contribution is 7.98. The summed E-state index contributed by atoms with van der Waals surface area (Å²) in [5.41, 5.74) is 0.247. The van der Waals surface area contributed by atoms with E-state index in [1.165, 1.54) is 0 Å². The summed E-state index contributed by atoms with van der Waals surface area (Å²) in [6.07, 6.45) is 2.82. The van der Waals surface area contributed by atoms with Crippen LogP contribution in [0.2, 0.25) is 0 Å². The molecule has 0 radical (unpaired) electrons. The second-order valence-electron chi connectivity index (χ2n) is 3.77. The van der Waals surface area contributed by atoms with Gasteiger partial charge in [0.25, 0.3) is 0 Å². The van der Waals surface area contributed by atoms with Gasteiger partial charge in [-0.3, -0.25) is 0 Å². The van der Waals surface area contributed by atoms with Gasteiger partial charge in [0.2, 0.25) is 0 Å². The lowest BCUT2D eigenvalue weighted by Crippen LogP contribution is -2.16. The van der Waals surface area contributed by atoms with Gasteiger partial charge >= 0.3 is 5.97 Å². The molecular formula is C12H14O4S. The normalized spacial score (nSPS) is 19.2. The number of carboxylic acids is 1. The topological polar surface area (TPSA) is 55.8 Å². The quantitative estimate of drug-likeness (QED) is 0.835. The van der Waals surface area contributed by atoms with E-state index in [4.69, 9.17) is 14.6 Å². The zero-order chi connectivity index (χ0) is 12.3. The molecular weight excluding hydrogens is 240 g/mol. The second-order valence-corrected chi connectivity index (χ2v) is 4.62. The van der Waals surface area contributed by atoms with Gasteiger partial charge in [-0.25, -0.2) is 4.79 Å². The van der Waals surface area contributed by atoms with Crippen LogP contribution in [0.5, 0.6) is 5.75 Å². The Balaban J connectivity index is 2.21. The molecule has 1 N–H and O–H groups in total. The Bertz CT molecular complexity index is 413. The van der Waals surface area contributed by atoms with Crippen molar-refractivity contribution in [2.45, 2.75) is 17.4 Å². The second kappa shape index (κ2) is 5.42. The fourth-order valence-electron chi connectivity index (χ4n) is 1.69. The van der Waals surface area contributed by atoms with Gasteiger partial charge < -0.3 is 14.6 Å². The molecule has 0 bridgehead atoms. The van der Waals surface area contributed by atoms with E-state index in [-0.39, 0.29) is 11.7 Å². The Morgan fingerprint density at radius 1 is 1.59 bits per heavy atom. The molecule has 1 aliphatic rings. The molecule has 0 aromatic heterocycles. The van der Waals surface area contributed by atoms with E-state index in [9.17, 15) is 4.79 Å². The molecule has 1 atom stereocenters. The van der Waals surface area contributed by atoms with E-state index in [0.717, 1.165) is 11.3 Å². The lowest BCUT2D eigenvalue weighted by atomic mass is 10.2. The zero-order valence-corrected chi connectivity index (χ0v) is 10.3. The molecule has 92 valence electrons. The van der Waals surface area contributed by atoms with Crippen molar-refractivity contribution in [1.82, 2.24) is 0 Å². The fraction of sp³-hybridized carbons (Fsp3) is 0.417. The van der Waals surface area contributed by atoms with Crippen LogP contribution in [0.25, 0.3) is 0 Å². The molecule has 17 heavy (non-hydrogen) atoms. The first-order valence-electron chi connectivity index (χ1n) is 5.36. The lowest BCUT2D eigenvalue weighted by molar-refractivity contribution is 0.0695. The number of ether oxygens (including phenoxy) is 2. The number of carboxylic acid groups (broad SMARTS) is 1. The van der Waals surface area contributed by atoms with Crippen LogP contribution in [-0.2, 0) is 4.74 Å². The van der Waals surface area contributed by atoms with E-state index in [1.807, 2.05) is 6.26 Å². The van der Waals surface area contributed by atoms with Crippen molar-refractivity contribution in [1.29, 1.82) is 0 Å². The highest BCUT2D eigenvalue weighted by Gasteiger charge is 2.19. The first-order chi connectivity index (χ1) is 8.20. The smallest absolute Gasteiger partial charge is 0.335 e. The molecule has 1 unspecified atom stereocenters. The maximum absolute atomic E-state index is 10.9. The Kier molecular flexibility index (Phi) is 3.91. The summed E-state index contributed by atoms with van der Waals surface area (Å²) in [4.78, 5) is 11.8. The SMILES string of the molecule is CSc1ccc(C(=O)O)cc1OC1CCOC1. The minimum absolute atomic E-state index is 0.0324. The van der Waals surface area contributed by atoms with Gasteiger partial charge in [-0.15, -0.1) is 11.8 Å². The molecule has 5 heteroatoms. The lowest BCUT2D eigenvalue weighted by Gasteiger charge is -2.15. The highest BCUT2D eigenvalue weighted by atomic mass is 32.2. The highest BCUT2D eigenvalue weighted by Crippen LogP contribution is 2.30. The standard InChI is InChI=1S/C12H14O4S/c1-17-11-3-2-8(12(13)14)6-10(11)16-9-4-5-15-7-9/h2-3,6,9H,4-5,7H2,1H3,(H,13,14). The van der Waals surface area contributed by atoms with Gasteiger partial charge in [-0.1, -0.05) is 0 Å². The molecule has 0 aliphatic carbocycles. The van der Waals surface area contributed by atoms with Crippen molar-refractivity contribution in [2.24, 2.45) is 0 Å². The van der Waals surface area contributed by atoms with E-state index in [1.54, 1.807) is 30.0 Å². The zero-order valence-electron chi connectivity index (χ0n) is 9.51. The summed E-state index contributed by atoms with van der Waals surface area (Å²) in [7, 11) is 0. The van der Waals surface area contributed by atoms with E-state index in [0.29, 0.717) is 19.0 Å². The Morgan fingerprint density at radius 2 is 2.41 bits per heavy atom. The molecule has 1 aromatic carbocycles. The summed E-state index contributed by atoms with van der Waals surface area (Å²) in [5, 5.41) is 8.95. The summed E-state index contributed by atoms with van der Waals surface area (Å²) in [6.45, 7) is 1.28. The van der Waals surface area contributed by atoms with E-state index >= 15 is 0 Å². The van der Waals surface area contributed by atoms with Crippen molar-refractivity contribution in [3.63, 3.8) is 0 Å². The first-order valence-corrected chi connectivity index (χ1v) is 6.59. The largest absolute Gasteiger partial charge is 0.487 e. The molecule has 1 saturated heterocycles. The Labute approximate surface area is 104 Å². The Hall–Kier alpha value is -1.20. The first kappa shape index (κ1) is 12.3. The van der Waals surface area contributed by atoms with Crippen molar-refractivity contribution in [3.8, 4) is 5.75 Å².